The Morgan fingerprint density at radius 2 is 2.08 bits per heavy atom. The summed E-state index contributed by atoms with van der Waals surface area (Å²) in [5.74, 6) is 0. The maximum Gasteiger partial charge on any atom is 0.0949 e. The molecular formula is C10H17N3. The van der Waals surface area contributed by atoms with Crippen molar-refractivity contribution in [2.24, 2.45) is 5.41 Å². The van der Waals surface area contributed by atoms with Crippen molar-refractivity contribution < 1.29 is 0 Å². The normalized spacial score (nSPS) is 29.9. The molecule has 13 heavy (non-hydrogen) atoms. The number of nitriles is 1. The highest BCUT2D eigenvalue weighted by Gasteiger charge is 2.46. The van der Waals surface area contributed by atoms with Crippen molar-refractivity contribution in [3.05, 3.63) is 0 Å². The molecule has 3 nitrogen and oxygen atoms in total. The van der Waals surface area contributed by atoms with E-state index < -0.39 is 0 Å². The second-order valence-electron chi connectivity index (χ2n) is 4.70. The lowest BCUT2D eigenvalue weighted by molar-refractivity contribution is 0.0293. The lowest BCUT2D eigenvalue weighted by atomic mass is 9.79. The molecule has 0 aromatic carbocycles. The molecular weight excluding hydrogens is 162 g/mol. The molecule has 2 fully saturated rings. The average Bonchev–Trinajstić information content (AvgIpc) is 2.47. The molecule has 0 aromatic rings. The first-order valence-electron chi connectivity index (χ1n) is 4.97. The van der Waals surface area contributed by atoms with Gasteiger partial charge in [0.2, 0.25) is 0 Å². The lowest BCUT2D eigenvalue weighted by Crippen LogP contribution is -2.55. The molecule has 0 saturated carbocycles. The molecule has 2 aliphatic rings. The van der Waals surface area contributed by atoms with Crippen LogP contribution in [0.4, 0.5) is 0 Å². The van der Waals surface area contributed by atoms with Crippen LogP contribution in [0.2, 0.25) is 0 Å². The number of rotatable bonds is 1. The van der Waals surface area contributed by atoms with Gasteiger partial charge in [-0.25, -0.2) is 0 Å². The number of nitrogens with zero attached hydrogens (tertiary/aromatic N) is 3. The Balaban J connectivity index is 1.92. The molecule has 1 spiro atoms. The summed E-state index contributed by atoms with van der Waals surface area (Å²) in [5, 5.41) is 8.81. The largest absolute Gasteiger partial charge is 0.305 e. The van der Waals surface area contributed by atoms with E-state index in [-0.39, 0.29) is 6.04 Å². The highest BCUT2D eigenvalue weighted by Crippen LogP contribution is 2.38. The van der Waals surface area contributed by atoms with Gasteiger partial charge in [-0.05, 0) is 20.4 Å². The number of hydrogen-bond donors (Lipinski definition) is 0. The van der Waals surface area contributed by atoms with Gasteiger partial charge >= 0.3 is 0 Å². The molecule has 2 aliphatic heterocycles. The lowest BCUT2D eigenvalue weighted by Gasteiger charge is -2.46. The minimum absolute atomic E-state index is 0.102. The van der Waals surface area contributed by atoms with Gasteiger partial charge in [0.1, 0.15) is 0 Å². The summed E-state index contributed by atoms with van der Waals surface area (Å²) in [6, 6.07) is 2.42. The van der Waals surface area contributed by atoms with Gasteiger partial charge in [0.25, 0.3) is 0 Å². The van der Waals surface area contributed by atoms with E-state index in [2.05, 4.69) is 22.9 Å². The van der Waals surface area contributed by atoms with E-state index in [0.717, 1.165) is 13.1 Å². The van der Waals surface area contributed by atoms with Crippen LogP contribution in [-0.2, 0) is 0 Å². The van der Waals surface area contributed by atoms with E-state index in [1.165, 1.54) is 19.5 Å². The Morgan fingerprint density at radius 1 is 1.38 bits per heavy atom. The third-order valence-corrected chi connectivity index (χ3v) is 3.41. The van der Waals surface area contributed by atoms with Crippen molar-refractivity contribution in [2.75, 3.05) is 33.2 Å². The predicted octanol–water partition coefficient (Wildman–Crippen LogP) is 0.536. The Labute approximate surface area is 79.9 Å². The Kier molecular flexibility index (Phi) is 2.05. The molecule has 0 radical (unpaired) electrons. The fourth-order valence-electron chi connectivity index (χ4n) is 2.74. The Bertz CT molecular complexity index is 237. The van der Waals surface area contributed by atoms with Crippen molar-refractivity contribution >= 4 is 0 Å². The Morgan fingerprint density at radius 3 is 2.62 bits per heavy atom. The number of likely N-dealkylation sites (tertiary alicyclic amines) is 2. The van der Waals surface area contributed by atoms with Crippen LogP contribution in [0.3, 0.4) is 0 Å². The van der Waals surface area contributed by atoms with Crippen LogP contribution in [0.25, 0.3) is 0 Å². The maximum atomic E-state index is 8.81. The SMILES string of the molecule is CC(C#N)N1CCC2(CN(C)C2)C1. The van der Waals surface area contributed by atoms with Gasteiger partial charge in [-0.15, -0.1) is 0 Å². The average molecular weight is 179 g/mol. The number of hydrogen-bond acceptors (Lipinski definition) is 3. The van der Waals surface area contributed by atoms with E-state index in [1.54, 1.807) is 0 Å². The second-order valence-corrected chi connectivity index (χ2v) is 4.70. The zero-order valence-electron chi connectivity index (χ0n) is 8.45. The summed E-state index contributed by atoms with van der Waals surface area (Å²) in [5.41, 5.74) is 0.542. The summed E-state index contributed by atoms with van der Waals surface area (Å²) >= 11 is 0. The van der Waals surface area contributed by atoms with Gasteiger partial charge in [0.15, 0.2) is 0 Å². The molecule has 0 amide bonds. The molecule has 0 bridgehead atoms. The highest BCUT2D eigenvalue weighted by atomic mass is 15.3. The monoisotopic (exact) mass is 179 g/mol. The zero-order valence-corrected chi connectivity index (χ0v) is 8.45. The molecule has 1 atom stereocenters. The summed E-state index contributed by atoms with van der Waals surface area (Å²) in [7, 11) is 2.17. The Hall–Kier alpha value is -0.590. The third kappa shape index (κ3) is 1.45. The first kappa shape index (κ1) is 8.98. The quantitative estimate of drug-likeness (QED) is 0.588. The van der Waals surface area contributed by atoms with Gasteiger partial charge in [-0.2, -0.15) is 5.26 Å². The van der Waals surface area contributed by atoms with Crippen molar-refractivity contribution in [3.8, 4) is 6.07 Å². The standard InChI is InChI=1S/C10H17N3/c1-9(5-11)13-4-3-10(8-13)6-12(2)7-10/h9H,3-4,6-8H2,1-2H3. The molecule has 0 N–H and O–H groups in total. The molecule has 2 saturated heterocycles. The molecule has 3 heteroatoms. The first-order valence-corrected chi connectivity index (χ1v) is 4.97. The van der Waals surface area contributed by atoms with Crippen LogP contribution in [-0.4, -0.2) is 49.1 Å². The maximum absolute atomic E-state index is 8.81. The summed E-state index contributed by atoms with van der Waals surface area (Å²) < 4.78 is 0. The summed E-state index contributed by atoms with van der Waals surface area (Å²) in [6.07, 6.45) is 1.28. The van der Waals surface area contributed by atoms with Crippen LogP contribution in [0, 0.1) is 16.7 Å². The van der Waals surface area contributed by atoms with Gasteiger partial charge in [-0.1, -0.05) is 0 Å². The summed E-state index contributed by atoms with van der Waals surface area (Å²) in [4.78, 5) is 4.67. The predicted molar refractivity (Wildman–Crippen MR) is 51.2 cm³/mol. The molecule has 0 aliphatic carbocycles. The van der Waals surface area contributed by atoms with E-state index in [1.807, 2.05) is 6.92 Å². The van der Waals surface area contributed by atoms with Crippen molar-refractivity contribution in [1.82, 2.24) is 9.80 Å². The topological polar surface area (TPSA) is 30.3 Å². The molecule has 0 aromatic heterocycles. The van der Waals surface area contributed by atoms with E-state index in [4.69, 9.17) is 5.26 Å². The molecule has 2 rings (SSSR count). The van der Waals surface area contributed by atoms with Crippen LogP contribution in [0.1, 0.15) is 13.3 Å². The highest BCUT2D eigenvalue weighted by molar-refractivity contribution is 5.03. The molecule has 72 valence electrons. The van der Waals surface area contributed by atoms with Gasteiger partial charge in [-0.3, -0.25) is 4.90 Å². The summed E-state index contributed by atoms with van der Waals surface area (Å²) in [6.45, 7) is 6.69. The zero-order chi connectivity index (χ0) is 9.47. The minimum atomic E-state index is 0.102. The van der Waals surface area contributed by atoms with Crippen molar-refractivity contribution in [2.45, 2.75) is 19.4 Å². The third-order valence-electron chi connectivity index (χ3n) is 3.41. The van der Waals surface area contributed by atoms with E-state index >= 15 is 0 Å². The van der Waals surface area contributed by atoms with E-state index in [9.17, 15) is 0 Å². The van der Waals surface area contributed by atoms with Crippen molar-refractivity contribution in [1.29, 1.82) is 5.26 Å². The smallest absolute Gasteiger partial charge is 0.0949 e. The fraction of sp³-hybridized carbons (Fsp3) is 0.900. The van der Waals surface area contributed by atoms with Crippen LogP contribution in [0.15, 0.2) is 0 Å². The van der Waals surface area contributed by atoms with Crippen LogP contribution in [0.5, 0.6) is 0 Å². The minimum Gasteiger partial charge on any atom is -0.305 e. The van der Waals surface area contributed by atoms with Crippen molar-refractivity contribution in [3.63, 3.8) is 0 Å². The fourth-order valence-corrected chi connectivity index (χ4v) is 2.74. The van der Waals surface area contributed by atoms with E-state index in [0.29, 0.717) is 5.41 Å². The van der Waals surface area contributed by atoms with Gasteiger partial charge in [0.05, 0.1) is 12.1 Å². The van der Waals surface area contributed by atoms with Gasteiger partial charge < -0.3 is 4.90 Å². The van der Waals surface area contributed by atoms with Crippen LogP contribution >= 0.6 is 0 Å². The van der Waals surface area contributed by atoms with Gasteiger partial charge in [0, 0.05) is 31.6 Å². The first-order chi connectivity index (χ1) is 6.15. The second kappa shape index (κ2) is 2.97. The van der Waals surface area contributed by atoms with Crippen LogP contribution < -0.4 is 0 Å². The molecule has 1 unspecified atom stereocenters. The molecule has 2 heterocycles.